The SMILES string of the molecule is Cc1csc(N2C(=O)OC[C@H]2CO)c1. The van der Waals surface area contributed by atoms with Crippen LogP contribution in [0.1, 0.15) is 5.56 Å². The van der Waals surface area contributed by atoms with Gasteiger partial charge >= 0.3 is 6.09 Å². The molecule has 2 rings (SSSR count). The van der Waals surface area contributed by atoms with Gasteiger partial charge in [-0.3, -0.25) is 4.90 Å². The third kappa shape index (κ3) is 1.49. The van der Waals surface area contributed by atoms with Crippen LogP contribution in [-0.4, -0.2) is 30.5 Å². The van der Waals surface area contributed by atoms with Gasteiger partial charge in [-0.15, -0.1) is 11.3 Å². The summed E-state index contributed by atoms with van der Waals surface area (Å²) in [5.74, 6) is 0. The molecule has 1 N–H and O–H groups in total. The largest absolute Gasteiger partial charge is 0.447 e. The highest BCUT2D eigenvalue weighted by atomic mass is 32.1. The van der Waals surface area contributed by atoms with E-state index < -0.39 is 0 Å². The maximum atomic E-state index is 11.4. The number of carbonyl (C=O) groups excluding carboxylic acids is 1. The number of anilines is 1. The van der Waals surface area contributed by atoms with Gasteiger partial charge in [0, 0.05) is 0 Å². The van der Waals surface area contributed by atoms with Crippen molar-refractivity contribution in [3.63, 3.8) is 0 Å². The van der Waals surface area contributed by atoms with E-state index in [1.165, 1.54) is 16.2 Å². The number of carbonyl (C=O) groups is 1. The quantitative estimate of drug-likeness (QED) is 0.807. The predicted molar refractivity (Wildman–Crippen MR) is 53.8 cm³/mol. The van der Waals surface area contributed by atoms with Gasteiger partial charge in [-0.1, -0.05) is 0 Å². The van der Waals surface area contributed by atoms with Crippen LogP contribution in [0.2, 0.25) is 0 Å². The molecule has 1 atom stereocenters. The summed E-state index contributed by atoms with van der Waals surface area (Å²) in [5, 5.41) is 11.9. The van der Waals surface area contributed by atoms with Crippen molar-refractivity contribution >= 4 is 22.4 Å². The van der Waals surface area contributed by atoms with Crippen LogP contribution in [0.4, 0.5) is 9.80 Å². The van der Waals surface area contributed by atoms with Crippen molar-refractivity contribution in [1.82, 2.24) is 0 Å². The Bertz CT molecular complexity index is 350. The molecule has 1 aliphatic heterocycles. The van der Waals surface area contributed by atoms with E-state index in [1.807, 2.05) is 18.4 Å². The summed E-state index contributed by atoms with van der Waals surface area (Å²) in [7, 11) is 0. The Kier molecular flexibility index (Phi) is 2.43. The van der Waals surface area contributed by atoms with Gasteiger partial charge in [0.2, 0.25) is 0 Å². The van der Waals surface area contributed by atoms with E-state index in [1.54, 1.807) is 0 Å². The summed E-state index contributed by atoms with van der Waals surface area (Å²) in [6.45, 7) is 2.17. The molecule has 0 saturated carbocycles. The van der Waals surface area contributed by atoms with E-state index in [0.717, 1.165) is 10.6 Å². The Morgan fingerprint density at radius 1 is 1.79 bits per heavy atom. The first-order valence-electron chi connectivity index (χ1n) is 4.34. The third-order valence-electron chi connectivity index (χ3n) is 2.13. The number of aliphatic hydroxyl groups excluding tert-OH is 1. The Hall–Kier alpha value is -1.07. The normalized spacial score (nSPS) is 21.4. The maximum absolute atomic E-state index is 11.4. The van der Waals surface area contributed by atoms with Crippen LogP contribution in [0.5, 0.6) is 0 Å². The second-order valence-electron chi connectivity index (χ2n) is 3.25. The molecule has 0 bridgehead atoms. The van der Waals surface area contributed by atoms with Gasteiger partial charge in [-0.25, -0.2) is 4.79 Å². The summed E-state index contributed by atoms with van der Waals surface area (Å²) in [6.07, 6.45) is -0.370. The fourth-order valence-electron chi connectivity index (χ4n) is 1.41. The van der Waals surface area contributed by atoms with Crippen LogP contribution >= 0.6 is 11.3 Å². The zero-order valence-electron chi connectivity index (χ0n) is 7.77. The third-order valence-corrected chi connectivity index (χ3v) is 3.17. The Morgan fingerprint density at radius 3 is 3.14 bits per heavy atom. The Labute approximate surface area is 85.7 Å². The Balaban J connectivity index is 2.27. The molecule has 0 aromatic carbocycles. The number of hydrogen-bond donors (Lipinski definition) is 1. The second kappa shape index (κ2) is 3.59. The fourth-order valence-corrected chi connectivity index (χ4v) is 2.37. The van der Waals surface area contributed by atoms with Crippen LogP contribution in [0.3, 0.4) is 0 Å². The van der Waals surface area contributed by atoms with Gasteiger partial charge in [0.05, 0.1) is 12.6 Å². The van der Waals surface area contributed by atoms with Gasteiger partial charge in [-0.05, 0) is 23.9 Å². The van der Waals surface area contributed by atoms with Crippen molar-refractivity contribution in [3.05, 3.63) is 17.0 Å². The number of aryl methyl sites for hydroxylation is 1. The van der Waals surface area contributed by atoms with Crippen molar-refractivity contribution in [2.24, 2.45) is 0 Å². The number of thiophene rings is 1. The molecule has 5 heteroatoms. The van der Waals surface area contributed by atoms with E-state index in [2.05, 4.69) is 0 Å². The summed E-state index contributed by atoms with van der Waals surface area (Å²) in [5.41, 5.74) is 1.11. The van der Waals surface area contributed by atoms with E-state index in [9.17, 15) is 4.79 Å². The van der Waals surface area contributed by atoms with Crippen LogP contribution in [0.15, 0.2) is 11.4 Å². The highest BCUT2D eigenvalue weighted by Gasteiger charge is 2.34. The minimum atomic E-state index is -0.370. The number of hydrogen-bond acceptors (Lipinski definition) is 4. The molecule has 1 amide bonds. The maximum Gasteiger partial charge on any atom is 0.415 e. The van der Waals surface area contributed by atoms with Crippen molar-refractivity contribution in [2.75, 3.05) is 18.1 Å². The average Bonchev–Trinajstić information content (AvgIpc) is 2.71. The van der Waals surface area contributed by atoms with Gasteiger partial charge in [0.1, 0.15) is 11.6 Å². The first kappa shape index (κ1) is 9.48. The van der Waals surface area contributed by atoms with Gasteiger partial charge in [0.25, 0.3) is 0 Å². The minimum Gasteiger partial charge on any atom is -0.447 e. The van der Waals surface area contributed by atoms with E-state index in [0.29, 0.717) is 0 Å². The predicted octanol–water partition coefficient (Wildman–Crippen LogP) is 1.37. The standard InChI is InChI=1S/C9H11NO3S/c1-6-2-8(14-5-6)10-7(3-11)4-13-9(10)12/h2,5,7,11H,3-4H2,1H3/t7-/m1/s1. The first-order valence-corrected chi connectivity index (χ1v) is 5.22. The van der Waals surface area contributed by atoms with Crippen LogP contribution < -0.4 is 4.90 Å². The van der Waals surface area contributed by atoms with Crippen molar-refractivity contribution in [2.45, 2.75) is 13.0 Å². The molecule has 1 saturated heterocycles. The summed E-state index contributed by atoms with van der Waals surface area (Å²) in [4.78, 5) is 12.9. The smallest absolute Gasteiger partial charge is 0.415 e. The Morgan fingerprint density at radius 2 is 2.57 bits per heavy atom. The van der Waals surface area contributed by atoms with Gasteiger partial charge in [0.15, 0.2) is 0 Å². The molecule has 1 aliphatic rings. The number of nitrogens with zero attached hydrogens (tertiary/aromatic N) is 1. The van der Waals surface area contributed by atoms with Crippen molar-refractivity contribution < 1.29 is 14.6 Å². The summed E-state index contributed by atoms with van der Waals surface area (Å²) >= 11 is 1.48. The second-order valence-corrected chi connectivity index (χ2v) is 4.14. The highest BCUT2D eigenvalue weighted by Crippen LogP contribution is 2.29. The zero-order valence-corrected chi connectivity index (χ0v) is 8.58. The number of aliphatic hydroxyl groups is 1. The lowest BCUT2D eigenvalue weighted by Crippen LogP contribution is -2.35. The number of ether oxygens (including phenoxy) is 1. The average molecular weight is 213 g/mol. The highest BCUT2D eigenvalue weighted by molar-refractivity contribution is 7.14. The zero-order chi connectivity index (χ0) is 10.1. The molecule has 1 fully saturated rings. The lowest BCUT2D eigenvalue weighted by molar-refractivity contribution is 0.174. The lowest BCUT2D eigenvalue weighted by Gasteiger charge is -2.16. The van der Waals surface area contributed by atoms with Crippen LogP contribution in [0.25, 0.3) is 0 Å². The molecule has 1 aromatic heterocycles. The molecule has 0 radical (unpaired) electrons. The van der Waals surface area contributed by atoms with Crippen LogP contribution in [0, 0.1) is 6.92 Å². The summed E-state index contributed by atoms with van der Waals surface area (Å²) < 4.78 is 4.87. The molecular weight excluding hydrogens is 202 g/mol. The number of cyclic esters (lactones) is 1. The fraction of sp³-hybridized carbons (Fsp3) is 0.444. The van der Waals surface area contributed by atoms with Crippen molar-refractivity contribution in [1.29, 1.82) is 0 Å². The summed E-state index contributed by atoms with van der Waals surface area (Å²) in [6, 6.07) is 1.68. The minimum absolute atomic E-state index is 0.0668. The molecule has 1 aromatic rings. The van der Waals surface area contributed by atoms with Crippen molar-refractivity contribution in [3.8, 4) is 0 Å². The molecule has 0 unspecified atom stereocenters. The lowest BCUT2D eigenvalue weighted by atomic mass is 10.3. The molecule has 0 spiro atoms. The van der Waals surface area contributed by atoms with E-state index in [4.69, 9.17) is 9.84 Å². The first-order chi connectivity index (χ1) is 6.72. The van der Waals surface area contributed by atoms with E-state index >= 15 is 0 Å². The number of rotatable bonds is 2. The van der Waals surface area contributed by atoms with Gasteiger partial charge < -0.3 is 9.84 Å². The molecule has 0 aliphatic carbocycles. The molecule has 14 heavy (non-hydrogen) atoms. The van der Waals surface area contributed by atoms with Crippen LogP contribution in [-0.2, 0) is 4.74 Å². The van der Waals surface area contributed by atoms with E-state index in [-0.39, 0.29) is 25.3 Å². The molecular formula is C9H11NO3S. The topological polar surface area (TPSA) is 49.8 Å². The monoisotopic (exact) mass is 213 g/mol. The number of amides is 1. The van der Waals surface area contributed by atoms with Gasteiger partial charge in [-0.2, -0.15) is 0 Å². The molecule has 76 valence electrons. The molecule has 2 heterocycles. The molecule has 4 nitrogen and oxygen atoms in total.